The Balaban J connectivity index is 1.98. The molecule has 0 bridgehead atoms. The Morgan fingerprint density at radius 3 is 2.73 bits per heavy atom. The first-order valence-corrected chi connectivity index (χ1v) is 6.80. The van der Waals surface area contributed by atoms with Crippen molar-refractivity contribution in [3.05, 3.63) is 52.2 Å². The monoisotopic (exact) mass is 296 g/mol. The molecule has 0 radical (unpaired) electrons. The molecule has 0 unspecified atom stereocenters. The molecule has 1 N–H and O–H groups in total. The van der Waals surface area contributed by atoms with Gasteiger partial charge in [-0.1, -0.05) is 6.07 Å². The Kier molecular flexibility index (Phi) is 2.63. The molecule has 2 heterocycles. The number of hydrogen-bond donors (Lipinski definition) is 1. The Morgan fingerprint density at radius 2 is 1.86 bits per heavy atom. The lowest BCUT2D eigenvalue weighted by Gasteiger charge is -2.07. The van der Waals surface area contributed by atoms with Crippen molar-refractivity contribution in [1.82, 2.24) is 0 Å². The molecule has 1 aliphatic rings. The molecule has 0 saturated heterocycles. The van der Waals surface area contributed by atoms with Crippen molar-refractivity contribution in [2.75, 3.05) is 6.79 Å². The fourth-order valence-corrected chi connectivity index (χ4v) is 2.52. The fourth-order valence-electron chi connectivity index (χ4n) is 2.52. The van der Waals surface area contributed by atoms with Crippen LogP contribution in [0.2, 0.25) is 0 Å². The van der Waals surface area contributed by atoms with E-state index in [1.165, 1.54) is 0 Å². The molecule has 2 aromatic carbocycles. The number of rotatable bonds is 1. The van der Waals surface area contributed by atoms with E-state index in [9.17, 15) is 9.90 Å². The van der Waals surface area contributed by atoms with E-state index in [1.54, 1.807) is 36.4 Å². The molecule has 1 aromatic heterocycles. The molecule has 4 rings (SSSR count). The van der Waals surface area contributed by atoms with E-state index in [0.29, 0.717) is 28.0 Å². The van der Waals surface area contributed by atoms with Crippen LogP contribution in [0.5, 0.6) is 17.2 Å². The quantitative estimate of drug-likeness (QED) is 0.746. The van der Waals surface area contributed by atoms with Crippen molar-refractivity contribution < 1.29 is 19.0 Å². The minimum absolute atomic E-state index is 0.126. The molecule has 3 aromatic rings. The van der Waals surface area contributed by atoms with Crippen molar-refractivity contribution in [3.8, 4) is 28.6 Å². The second kappa shape index (κ2) is 4.53. The second-order valence-corrected chi connectivity index (χ2v) is 5.18. The van der Waals surface area contributed by atoms with E-state index in [-0.39, 0.29) is 12.6 Å². The summed E-state index contributed by atoms with van der Waals surface area (Å²) in [5, 5.41) is 10.5. The van der Waals surface area contributed by atoms with Gasteiger partial charge in [-0.05, 0) is 42.8 Å². The van der Waals surface area contributed by atoms with E-state index in [2.05, 4.69) is 0 Å². The van der Waals surface area contributed by atoms with E-state index >= 15 is 0 Å². The predicted octanol–water partition coefficient (Wildman–Crippen LogP) is 3.20. The Bertz CT molecular complexity index is 955. The number of ether oxygens (including phenoxy) is 2. The van der Waals surface area contributed by atoms with Crippen LogP contribution in [-0.2, 0) is 0 Å². The third-order valence-corrected chi connectivity index (χ3v) is 3.66. The van der Waals surface area contributed by atoms with Crippen LogP contribution in [0, 0.1) is 6.92 Å². The first-order chi connectivity index (χ1) is 10.6. The zero-order chi connectivity index (χ0) is 15.3. The molecule has 0 saturated carbocycles. The van der Waals surface area contributed by atoms with Gasteiger partial charge in [0.05, 0.1) is 5.39 Å². The summed E-state index contributed by atoms with van der Waals surface area (Å²) in [5.74, 6) is 0.905. The molecule has 22 heavy (non-hydrogen) atoms. The maximum absolute atomic E-state index is 12.3. The smallest absolute Gasteiger partial charge is 0.235 e. The molecule has 0 amide bonds. The molecule has 1 aliphatic heterocycles. The normalized spacial score (nSPS) is 12.8. The lowest BCUT2D eigenvalue weighted by atomic mass is 10.1. The molecular weight excluding hydrogens is 284 g/mol. The summed E-state index contributed by atoms with van der Waals surface area (Å²) < 4.78 is 16.3. The van der Waals surface area contributed by atoms with Crippen molar-refractivity contribution in [2.24, 2.45) is 0 Å². The summed E-state index contributed by atoms with van der Waals surface area (Å²) in [7, 11) is 0. The van der Waals surface area contributed by atoms with Gasteiger partial charge in [0.15, 0.2) is 17.3 Å². The van der Waals surface area contributed by atoms with Gasteiger partial charge >= 0.3 is 0 Å². The van der Waals surface area contributed by atoms with Gasteiger partial charge in [-0.2, -0.15) is 0 Å². The van der Waals surface area contributed by atoms with Crippen molar-refractivity contribution in [1.29, 1.82) is 0 Å². The summed E-state index contributed by atoms with van der Waals surface area (Å²) in [6.45, 7) is 2.07. The molecular formula is C17H12O5. The van der Waals surface area contributed by atoms with Gasteiger partial charge in [0.1, 0.15) is 5.58 Å². The van der Waals surface area contributed by atoms with E-state index in [4.69, 9.17) is 13.9 Å². The van der Waals surface area contributed by atoms with Crippen LogP contribution in [0.15, 0.2) is 45.6 Å². The molecule has 0 aliphatic carbocycles. The van der Waals surface area contributed by atoms with Crippen molar-refractivity contribution in [3.63, 3.8) is 0 Å². The molecule has 5 heteroatoms. The standard InChI is InChI=1S/C17H12O5/c1-9-2-4-11-13(6-9)22-17(16(19)15(11)18)10-3-5-12-14(7-10)21-8-20-12/h2-7,19H,8H2,1H3. The average Bonchev–Trinajstić information content (AvgIpc) is 2.98. The number of benzene rings is 2. The highest BCUT2D eigenvalue weighted by Gasteiger charge is 2.19. The number of aryl methyl sites for hydroxylation is 1. The highest BCUT2D eigenvalue weighted by Crippen LogP contribution is 2.38. The summed E-state index contributed by atoms with van der Waals surface area (Å²) >= 11 is 0. The summed E-state index contributed by atoms with van der Waals surface area (Å²) in [4.78, 5) is 12.3. The first kappa shape index (κ1) is 12.8. The maximum atomic E-state index is 12.3. The molecule has 110 valence electrons. The van der Waals surface area contributed by atoms with E-state index in [1.807, 2.05) is 6.92 Å². The van der Waals surface area contributed by atoms with Crippen molar-refractivity contribution >= 4 is 11.0 Å². The Labute approximate surface area is 125 Å². The largest absolute Gasteiger partial charge is 0.502 e. The first-order valence-electron chi connectivity index (χ1n) is 6.80. The van der Waals surface area contributed by atoms with Gasteiger partial charge in [0.2, 0.25) is 18.0 Å². The van der Waals surface area contributed by atoms with Crippen LogP contribution in [0.25, 0.3) is 22.3 Å². The third-order valence-electron chi connectivity index (χ3n) is 3.66. The Morgan fingerprint density at radius 1 is 1.05 bits per heavy atom. The topological polar surface area (TPSA) is 68.9 Å². The Hall–Kier alpha value is -2.95. The summed E-state index contributed by atoms with van der Waals surface area (Å²) in [6.07, 6.45) is 0. The lowest BCUT2D eigenvalue weighted by molar-refractivity contribution is 0.174. The second-order valence-electron chi connectivity index (χ2n) is 5.18. The number of hydrogen-bond acceptors (Lipinski definition) is 5. The highest BCUT2D eigenvalue weighted by molar-refractivity contribution is 5.82. The number of fused-ring (bicyclic) bond motifs is 2. The minimum atomic E-state index is -0.450. The zero-order valence-electron chi connectivity index (χ0n) is 11.8. The van der Waals surface area contributed by atoms with Gasteiger partial charge in [0.25, 0.3) is 0 Å². The van der Waals surface area contributed by atoms with Gasteiger partial charge in [-0.15, -0.1) is 0 Å². The van der Waals surface area contributed by atoms with Gasteiger partial charge in [-0.3, -0.25) is 4.79 Å². The fraction of sp³-hybridized carbons (Fsp3) is 0.118. The van der Waals surface area contributed by atoms with Crippen LogP contribution < -0.4 is 14.9 Å². The van der Waals surface area contributed by atoms with Crippen LogP contribution in [-0.4, -0.2) is 11.9 Å². The number of aromatic hydroxyl groups is 1. The summed E-state index contributed by atoms with van der Waals surface area (Å²) in [6, 6.07) is 10.3. The zero-order valence-corrected chi connectivity index (χ0v) is 11.8. The van der Waals surface area contributed by atoms with Crippen LogP contribution in [0.4, 0.5) is 0 Å². The maximum Gasteiger partial charge on any atom is 0.235 e. The SMILES string of the molecule is Cc1ccc2c(=O)c(O)c(-c3ccc4c(c3)OCO4)oc2c1. The van der Waals surface area contributed by atoms with Crippen LogP contribution in [0.3, 0.4) is 0 Å². The van der Waals surface area contributed by atoms with Crippen LogP contribution >= 0.6 is 0 Å². The summed E-state index contributed by atoms with van der Waals surface area (Å²) in [5.41, 5.74) is 1.52. The van der Waals surface area contributed by atoms with Crippen molar-refractivity contribution in [2.45, 2.75) is 6.92 Å². The highest BCUT2D eigenvalue weighted by atomic mass is 16.7. The predicted molar refractivity (Wildman–Crippen MR) is 80.4 cm³/mol. The van der Waals surface area contributed by atoms with E-state index < -0.39 is 11.2 Å². The third kappa shape index (κ3) is 1.83. The average molecular weight is 296 g/mol. The minimum Gasteiger partial charge on any atom is -0.502 e. The molecule has 5 nitrogen and oxygen atoms in total. The molecule has 0 spiro atoms. The molecule has 0 atom stereocenters. The van der Waals surface area contributed by atoms with E-state index in [0.717, 1.165) is 5.56 Å². The van der Waals surface area contributed by atoms with Gasteiger partial charge < -0.3 is 19.0 Å². The lowest BCUT2D eigenvalue weighted by Crippen LogP contribution is -2.02. The van der Waals surface area contributed by atoms with Gasteiger partial charge in [0, 0.05) is 5.56 Å². The van der Waals surface area contributed by atoms with Gasteiger partial charge in [-0.25, -0.2) is 0 Å². The molecule has 0 fully saturated rings. The van der Waals surface area contributed by atoms with Crippen LogP contribution in [0.1, 0.15) is 5.56 Å².